The van der Waals surface area contributed by atoms with E-state index in [-0.39, 0.29) is 5.56 Å². The van der Waals surface area contributed by atoms with Gasteiger partial charge in [-0.1, -0.05) is 75.4 Å². The molecule has 0 amide bonds. The van der Waals surface area contributed by atoms with Crippen molar-refractivity contribution in [3.8, 4) is 28.0 Å². The van der Waals surface area contributed by atoms with Crippen molar-refractivity contribution < 1.29 is 13.5 Å². The van der Waals surface area contributed by atoms with Crippen molar-refractivity contribution in [2.45, 2.75) is 45.4 Å². The molecule has 3 aromatic rings. The maximum absolute atomic E-state index is 13.8. The standard InChI is InChI=1S/C25H27F2NO/c1-2-3-4-5-6-7-18-29-22-14-12-20(13-15-22)19-8-10-21(11-9-19)23-16-17-24(26)28-25(23)27/h8-17H,2-7,18H2,1H3. The number of nitrogens with zero attached hydrogens (tertiary/aromatic N) is 1. The highest BCUT2D eigenvalue weighted by molar-refractivity contribution is 5.70. The van der Waals surface area contributed by atoms with Crippen LogP contribution in [0.4, 0.5) is 8.78 Å². The minimum Gasteiger partial charge on any atom is -0.494 e. The van der Waals surface area contributed by atoms with Crippen molar-refractivity contribution in [3.63, 3.8) is 0 Å². The second-order valence-electron chi connectivity index (χ2n) is 7.19. The average Bonchev–Trinajstić information content (AvgIpc) is 2.74. The maximum Gasteiger partial charge on any atom is 0.223 e. The van der Waals surface area contributed by atoms with Crippen LogP contribution in [0.15, 0.2) is 60.7 Å². The Bertz CT molecular complexity index is 892. The zero-order chi connectivity index (χ0) is 20.5. The van der Waals surface area contributed by atoms with Crippen molar-refractivity contribution in [3.05, 3.63) is 72.6 Å². The number of hydrogen-bond donors (Lipinski definition) is 0. The first-order valence-corrected chi connectivity index (χ1v) is 10.3. The molecule has 4 heteroatoms. The molecule has 0 unspecified atom stereocenters. The van der Waals surface area contributed by atoms with Crippen LogP contribution in [0.3, 0.4) is 0 Å². The molecule has 2 aromatic carbocycles. The highest BCUT2D eigenvalue weighted by Crippen LogP contribution is 2.27. The highest BCUT2D eigenvalue weighted by atomic mass is 19.1. The Balaban J connectivity index is 1.54. The van der Waals surface area contributed by atoms with Crippen LogP contribution in [0, 0.1) is 11.9 Å². The molecule has 29 heavy (non-hydrogen) atoms. The number of pyridine rings is 1. The van der Waals surface area contributed by atoms with Crippen LogP contribution in [0.1, 0.15) is 45.4 Å². The molecule has 0 aliphatic carbocycles. The zero-order valence-corrected chi connectivity index (χ0v) is 16.8. The van der Waals surface area contributed by atoms with Crippen LogP contribution < -0.4 is 4.74 Å². The third kappa shape index (κ3) is 6.11. The second kappa shape index (κ2) is 10.7. The first-order valence-electron chi connectivity index (χ1n) is 10.3. The molecule has 0 aliphatic rings. The predicted molar refractivity (Wildman–Crippen MR) is 114 cm³/mol. The van der Waals surface area contributed by atoms with Gasteiger partial charge in [-0.15, -0.1) is 0 Å². The lowest BCUT2D eigenvalue weighted by Crippen LogP contribution is -1.97. The third-order valence-corrected chi connectivity index (χ3v) is 4.96. The Hall–Kier alpha value is -2.75. The number of hydrogen-bond acceptors (Lipinski definition) is 2. The summed E-state index contributed by atoms with van der Waals surface area (Å²) in [5.74, 6) is -0.746. The van der Waals surface area contributed by atoms with E-state index in [9.17, 15) is 8.78 Å². The fourth-order valence-electron chi connectivity index (χ4n) is 3.29. The molecule has 0 aliphatic heterocycles. The van der Waals surface area contributed by atoms with Crippen molar-refractivity contribution in [1.82, 2.24) is 4.98 Å². The summed E-state index contributed by atoms with van der Waals surface area (Å²) in [6.45, 7) is 2.97. The van der Waals surface area contributed by atoms with E-state index in [4.69, 9.17) is 4.74 Å². The summed E-state index contributed by atoms with van der Waals surface area (Å²) in [7, 11) is 0. The quantitative estimate of drug-likeness (QED) is 0.263. The first-order chi connectivity index (χ1) is 14.2. The first kappa shape index (κ1) is 21.0. The molecule has 2 nitrogen and oxygen atoms in total. The summed E-state index contributed by atoms with van der Waals surface area (Å²) in [5, 5.41) is 0. The summed E-state index contributed by atoms with van der Waals surface area (Å²) < 4.78 is 32.6. The topological polar surface area (TPSA) is 22.1 Å². The van der Waals surface area contributed by atoms with Gasteiger partial charge in [0, 0.05) is 5.56 Å². The lowest BCUT2D eigenvalue weighted by molar-refractivity contribution is 0.304. The SMILES string of the molecule is CCCCCCCCOc1ccc(-c2ccc(-c3ccc(F)nc3F)cc2)cc1. The van der Waals surface area contributed by atoms with Crippen LogP contribution in [0.5, 0.6) is 5.75 Å². The lowest BCUT2D eigenvalue weighted by atomic mass is 10.0. The van der Waals surface area contributed by atoms with Crippen molar-refractivity contribution in [2.75, 3.05) is 6.61 Å². The molecule has 0 saturated carbocycles. The van der Waals surface area contributed by atoms with E-state index >= 15 is 0 Å². The summed E-state index contributed by atoms with van der Waals surface area (Å²) in [6, 6.07) is 18.0. The van der Waals surface area contributed by atoms with Gasteiger partial charge in [0.1, 0.15) is 5.75 Å². The van der Waals surface area contributed by atoms with Gasteiger partial charge in [0.25, 0.3) is 0 Å². The smallest absolute Gasteiger partial charge is 0.223 e. The largest absolute Gasteiger partial charge is 0.494 e. The molecule has 0 atom stereocenters. The van der Waals surface area contributed by atoms with Gasteiger partial charge in [-0.3, -0.25) is 0 Å². The molecule has 1 aromatic heterocycles. The maximum atomic E-state index is 13.8. The fourth-order valence-corrected chi connectivity index (χ4v) is 3.29. The molecular weight excluding hydrogens is 368 g/mol. The molecular formula is C25H27F2NO. The Labute approximate surface area is 171 Å². The van der Waals surface area contributed by atoms with E-state index < -0.39 is 11.9 Å². The van der Waals surface area contributed by atoms with Gasteiger partial charge >= 0.3 is 0 Å². The fraction of sp³-hybridized carbons (Fsp3) is 0.320. The molecule has 1 heterocycles. The highest BCUT2D eigenvalue weighted by Gasteiger charge is 2.08. The molecule has 152 valence electrons. The molecule has 3 rings (SSSR count). The predicted octanol–water partition coefficient (Wildman–Crippen LogP) is 7.43. The molecule has 0 N–H and O–H groups in total. The third-order valence-electron chi connectivity index (χ3n) is 4.96. The van der Waals surface area contributed by atoms with Crippen LogP contribution in [0.25, 0.3) is 22.3 Å². The minimum atomic E-state index is -0.818. The average molecular weight is 395 g/mol. The molecule has 0 fully saturated rings. The van der Waals surface area contributed by atoms with Crippen LogP contribution in [0.2, 0.25) is 0 Å². The number of benzene rings is 2. The number of rotatable bonds is 10. The lowest BCUT2D eigenvalue weighted by Gasteiger charge is -2.08. The van der Waals surface area contributed by atoms with Crippen molar-refractivity contribution in [2.24, 2.45) is 0 Å². The Morgan fingerprint density at radius 3 is 1.93 bits per heavy atom. The van der Waals surface area contributed by atoms with Gasteiger partial charge in [-0.25, -0.2) is 0 Å². The summed E-state index contributed by atoms with van der Waals surface area (Å²) in [4.78, 5) is 3.24. The van der Waals surface area contributed by atoms with Crippen LogP contribution >= 0.6 is 0 Å². The number of ether oxygens (including phenoxy) is 1. The monoisotopic (exact) mass is 395 g/mol. The summed E-state index contributed by atoms with van der Waals surface area (Å²) in [6.07, 6.45) is 7.49. The molecule has 0 radical (unpaired) electrons. The molecule has 0 saturated heterocycles. The zero-order valence-electron chi connectivity index (χ0n) is 16.8. The van der Waals surface area contributed by atoms with Gasteiger partial charge in [0.2, 0.25) is 11.9 Å². The summed E-state index contributed by atoms with van der Waals surface area (Å²) in [5.41, 5.74) is 3.03. The number of unbranched alkanes of at least 4 members (excludes halogenated alkanes) is 5. The van der Waals surface area contributed by atoms with E-state index in [0.29, 0.717) is 5.56 Å². The van der Waals surface area contributed by atoms with Gasteiger partial charge in [0.05, 0.1) is 6.61 Å². The minimum absolute atomic E-state index is 0.288. The number of halogens is 2. The second-order valence-corrected chi connectivity index (χ2v) is 7.19. The normalized spacial score (nSPS) is 10.9. The van der Waals surface area contributed by atoms with Crippen LogP contribution in [-0.2, 0) is 0 Å². The van der Waals surface area contributed by atoms with Gasteiger partial charge in [-0.05, 0) is 47.4 Å². The van der Waals surface area contributed by atoms with E-state index in [1.165, 1.54) is 38.2 Å². The summed E-state index contributed by atoms with van der Waals surface area (Å²) >= 11 is 0. The molecule has 0 bridgehead atoms. The Kier molecular flexibility index (Phi) is 7.74. The van der Waals surface area contributed by atoms with E-state index in [1.807, 2.05) is 48.5 Å². The van der Waals surface area contributed by atoms with Crippen LogP contribution in [-0.4, -0.2) is 11.6 Å². The van der Waals surface area contributed by atoms with Gasteiger partial charge in [0.15, 0.2) is 0 Å². The van der Waals surface area contributed by atoms with Gasteiger partial charge in [-0.2, -0.15) is 13.8 Å². The van der Waals surface area contributed by atoms with Crippen molar-refractivity contribution in [1.29, 1.82) is 0 Å². The van der Waals surface area contributed by atoms with E-state index in [1.54, 1.807) is 0 Å². The number of aromatic nitrogens is 1. The molecule has 0 spiro atoms. The van der Waals surface area contributed by atoms with Gasteiger partial charge < -0.3 is 4.74 Å². The van der Waals surface area contributed by atoms with E-state index in [0.717, 1.165) is 36.0 Å². The van der Waals surface area contributed by atoms with E-state index in [2.05, 4.69) is 11.9 Å². The Morgan fingerprint density at radius 1 is 0.690 bits per heavy atom. The Morgan fingerprint density at radius 2 is 1.28 bits per heavy atom. The van der Waals surface area contributed by atoms with Crippen molar-refractivity contribution >= 4 is 0 Å².